The van der Waals surface area contributed by atoms with Crippen molar-refractivity contribution in [1.82, 2.24) is 14.1 Å². The molecular weight excluding hydrogens is 803 g/mol. The van der Waals surface area contributed by atoms with E-state index in [0.29, 0.717) is 11.1 Å². The van der Waals surface area contributed by atoms with E-state index in [2.05, 4.69) is 203 Å². The number of fused-ring (bicyclic) bond motifs is 6. The van der Waals surface area contributed by atoms with Gasteiger partial charge in [0.15, 0.2) is 0 Å². The summed E-state index contributed by atoms with van der Waals surface area (Å²) in [7, 11) is 0. The van der Waals surface area contributed by atoms with E-state index < -0.39 is 0 Å². The highest BCUT2D eigenvalue weighted by molar-refractivity contribution is 6.14. The van der Waals surface area contributed by atoms with Gasteiger partial charge in [-0.1, -0.05) is 176 Å². The van der Waals surface area contributed by atoms with Crippen molar-refractivity contribution in [3.63, 3.8) is 0 Å². The normalized spacial score (nSPS) is 11.3. The lowest BCUT2D eigenvalue weighted by Crippen LogP contribution is -2.10. The van der Waals surface area contributed by atoms with Crippen LogP contribution in [0.15, 0.2) is 224 Å². The molecule has 3 aromatic heterocycles. The first kappa shape index (κ1) is 38.4. The summed E-state index contributed by atoms with van der Waals surface area (Å²) < 4.78 is 4.74. The predicted octanol–water partition coefficient (Wildman–Crippen LogP) is 15.4. The lowest BCUT2D eigenvalue weighted by molar-refractivity contribution is 1.10. The topological polar surface area (TPSA) is 70.3 Å². The molecular formula is C61H37N5. The smallest absolute Gasteiger partial charge is 0.101 e. The van der Waals surface area contributed by atoms with Crippen molar-refractivity contribution in [3.8, 4) is 79.4 Å². The Hall–Kier alpha value is -9.29. The number of rotatable bonds is 7. The summed E-state index contributed by atoms with van der Waals surface area (Å²) in [6, 6.07) is 82.7. The third kappa shape index (κ3) is 6.19. The number of hydrogen-bond donors (Lipinski definition) is 0. The van der Waals surface area contributed by atoms with Crippen LogP contribution in [0.1, 0.15) is 11.1 Å². The van der Waals surface area contributed by atoms with Crippen LogP contribution < -0.4 is 0 Å². The number of pyridine rings is 1. The third-order valence-corrected chi connectivity index (χ3v) is 12.8. The van der Waals surface area contributed by atoms with E-state index in [-0.39, 0.29) is 0 Å². The van der Waals surface area contributed by atoms with E-state index in [9.17, 15) is 10.5 Å². The van der Waals surface area contributed by atoms with Gasteiger partial charge in [-0.05, 0) is 76.3 Å². The van der Waals surface area contributed by atoms with Crippen molar-refractivity contribution >= 4 is 43.6 Å². The monoisotopic (exact) mass is 839 g/mol. The number of hydrogen-bond acceptors (Lipinski definition) is 3. The van der Waals surface area contributed by atoms with Crippen molar-refractivity contribution in [3.05, 3.63) is 236 Å². The summed E-state index contributed by atoms with van der Waals surface area (Å²) in [5.74, 6) is 0. The van der Waals surface area contributed by atoms with E-state index in [4.69, 9.17) is 4.98 Å². The number of aromatic nitrogens is 3. The average Bonchev–Trinajstić information content (AvgIpc) is 3.90. The zero-order valence-electron chi connectivity index (χ0n) is 35.6. The van der Waals surface area contributed by atoms with E-state index in [1.807, 2.05) is 36.4 Å². The van der Waals surface area contributed by atoms with Gasteiger partial charge in [-0.3, -0.25) is 0 Å². The fourth-order valence-electron chi connectivity index (χ4n) is 9.81. The second-order valence-electron chi connectivity index (χ2n) is 16.5. The molecule has 0 aliphatic heterocycles. The fraction of sp³-hybridized carbons (Fsp3) is 0. The highest BCUT2D eigenvalue weighted by Crippen LogP contribution is 2.49. The Kier molecular flexibility index (Phi) is 9.19. The first-order valence-corrected chi connectivity index (χ1v) is 22.0. The lowest BCUT2D eigenvalue weighted by Gasteiger charge is -2.26. The summed E-state index contributed by atoms with van der Waals surface area (Å²) in [5.41, 5.74) is 16.0. The minimum absolute atomic E-state index is 0.302. The minimum Gasteiger partial charge on any atom is -0.306 e. The molecule has 0 aliphatic rings. The van der Waals surface area contributed by atoms with Crippen molar-refractivity contribution in [2.24, 2.45) is 0 Å². The highest BCUT2D eigenvalue weighted by Gasteiger charge is 2.30. The van der Waals surface area contributed by atoms with E-state index in [0.717, 1.165) is 111 Å². The molecule has 9 aromatic carbocycles. The minimum atomic E-state index is 0.302. The van der Waals surface area contributed by atoms with Crippen LogP contribution in [0, 0.1) is 22.7 Å². The zero-order chi connectivity index (χ0) is 44.1. The lowest BCUT2D eigenvalue weighted by atomic mass is 9.92. The third-order valence-electron chi connectivity index (χ3n) is 12.8. The summed E-state index contributed by atoms with van der Waals surface area (Å²) in [5, 5.41) is 25.4. The van der Waals surface area contributed by atoms with Gasteiger partial charge in [0.25, 0.3) is 0 Å². The van der Waals surface area contributed by atoms with Crippen LogP contribution in [0.2, 0.25) is 0 Å². The summed E-state index contributed by atoms with van der Waals surface area (Å²) >= 11 is 0. The van der Waals surface area contributed by atoms with Crippen molar-refractivity contribution < 1.29 is 0 Å². The van der Waals surface area contributed by atoms with Gasteiger partial charge in [-0.2, -0.15) is 10.5 Å². The van der Waals surface area contributed by atoms with Gasteiger partial charge in [0.2, 0.25) is 0 Å². The molecule has 0 aliphatic carbocycles. The summed E-state index contributed by atoms with van der Waals surface area (Å²) in [6.45, 7) is 0. The predicted molar refractivity (Wildman–Crippen MR) is 270 cm³/mol. The van der Waals surface area contributed by atoms with Gasteiger partial charge in [-0.25, -0.2) is 4.98 Å². The molecule has 0 bridgehead atoms. The van der Waals surface area contributed by atoms with Crippen LogP contribution >= 0.6 is 0 Å². The molecule has 0 saturated heterocycles. The Morgan fingerprint density at radius 3 is 1.12 bits per heavy atom. The molecule has 5 nitrogen and oxygen atoms in total. The highest BCUT2D eigenvalue weighted by atomic mass is 15.1. The second-order valence-corrected chi connectivity index (χ2v) is 16.5. The molecule has 0 unspecified atom stereocenters. The van der Waals surface area contributed by atoms with E-state index in [1.54, 1.807) is 6.07 Å². The van der Waals surface area contributed by atoms with E-state index >= 15 is 0 Å². The van der Waals surface area contributed by atoms with Gasteiger partial charge in [0.05, 0.1) is 56.0 Å². The fourth-order valence-corrected chi connectivity index (χ4v) is 9.81. The molecule has 0 N–H and O–H groups in total. The number of nitriles is 2. The Balaban J connectivity index is 1.32. The SMILES string of the molecule is N#Cc1ccc(-c2c(-n3c4ccccc4c4cc(-c5ccccc5)ccc43)c(-c3ccccc3)nc(-c3ccccc3)c2-n2c3ccccc3c3cc(-c4ccccc4)ccc32)cc1C#N. The van der Waals surface area contributed by atoms with Gasteiger partial charge in [0, 0.05) is 38.2 Å². The molecule has 5 heteroatoms. The molecule has 0 saturated carbocycles. The zero-order valence-corrected chi connectivity index (χ0v) is 35.6. The Morgan fingerprint density at radius 2 is 0.682 bits per heavy atom. The maximum Gasteiger partial charge on any atom is 0.101 e. The molecule has 3 heterocycles. The van der Waals surface area contributed by atoms with Crippen molar-refractivity contribution in [2.45, 2.75) is 0 Å². The molecule has 0 spiro atoms. The number of para-hydroxylation sites is 2. The quantitative estimate of drug-likeness (QED) is 0.160. The molecule has 0 atom stereocenters. The second kappa shape index (κ2) is 15.8. The van der Waals surface area contributed by atoms with Gasteiger partial charge >= 0.3 is 0 Å². The molecule has 306 valence electrons. The van der Waals surface area contributed by atoms with Crippen LogP contribution in [0.5, 0.6) is 0 Å². The number of benzene rings is 9. The molecule has 12 aromatic rings. The average molecular weight is 840 g/mol. The maximum atomic E-state index is 10.7. The van der Waals surface area contributed by atoms with Gasteiger partial charge < -0.3 is 9.13 Å². The molecule has 0 amide bonds. The maximum absolute atomic E-state index is 10.7. The van der Waals surface area contributed by atoms with Crippen LogP contribution in [-0.2, 0) is 0 Å². The molecule has 0 fully saturated rings. The van der Waals surface area contributed by atoms with Crippen molar-refractivity contribution in [1.29, 1.82) is 10.5 Å². The first-order chi connectivity index (χ1) is 32.7. The van der Waals surface area contributed by atoms with Crippen LogP contribution in [0.3, 0.4) is 0 Å². The van der Waals surface area contributed by atoms with Gasteiger partial charge in [0.1, 0.15) is 12.1 Å². The molecule has 0 radical (unpaired) electrons. The van der Waals surface area contributed by atoms with Crippen molar-refractivity contribution in [2.75, 3.05) is 0 Å². The van der Waals surface area contributed by atoms with E-state index in [1.165, 1.54) is 0 Å². The Morgan fingerprint density at radius 1 is 0.303 bits per heavy atom. The van der Waals surface area contributed by atoms with Gasteiger partial charge in [-0.15, -0.1) is 0 Å². The standard InChI is InChI=1S/C61H37N5/c62-38-47-30-29-46(35-48(47)39-63)57-60(65-53-27-15-13-25-49(53)51-36-44(31-33-55(51)65)40-17-5-1-6-18-40)58(42-21-9-3-10-22-42)64-59(43-23-11-4-12-24-43)61(57)66-54-28-16-14-26-50(54)52-37-45(32-34-56(52)66)41-19-7-2-8-20-41/h1-37H. The summed E-state index contributed by atoms with van der Waals surface area (Å²) in [4.78, 5) is 5.89. The van der Waals surface area contributed by atoms with Crippen LogP contribution in [0.25, 0.3) is 111 Å². The first-order valence-electron chi connectivity index (χ1n) is 22.0. The number of nitrogens with zero attached hydrogens (tertiary/aromatic N) is 5. The molecule has 66 heavy (non-hydrogen) atoms. The largest absolute Gasteiger partial charge is 0.306 e. The van der Waals surface area contributed by atoms with Crippen LogP contribution in [0.4, 0.5) is 0 Å². The summed E-state index contributed by atoms with van der Waals surface area (Å²) in [6.07, 6.45) is 0. The Labute approximate surface area is 381 Å². The Bertz CT molecular complexity index is 3710. The van der Waals surface area contributed by atoms with Crippen LogP contribution in [-0.4, -0.2) is 14.1 Å². The molecule has 12 rings (SSSR count).